The minimum Gasteiger partial charge on any atom is -0.330 e. The van der Waals surface area contributed by atoms with Gasteiger partial charge in [-0.1, -0.05) is 48.5 Å². The monoisotopic (exact) mass is 289 g/mol. The van der Waals surface area contributed by atoms with Crippen LogP contribution in [0.5, 0.6) is 0 Å². The molecule has 4 heteroatoms. The molecule has 0 spiro atoms. The lowest BCUT2D eigenvalue weighted by Gasteiger charge is -2.16. The molecule has 2 aromatic rings. The molecule has 2 nitrogen and oxygen atoms in total. The van der Waals surface area contributed by atoms with E-state index in [1.165, 1.54) is 0 Å². The zero-order valence-corrected chi connectivity index (χ0v) is 12.5. The van der Waals surface area contributed by atoms with Crippen molar-refractivity contribution in [1.82, 2.24) is 0 Å². The van der Waals surface area contributed by atoms with Crippen molar-refractivity contribution in [1.29, 1.82) is 0 Å². The van der Waals surface area contributed by atoms with E-state index in [-0.39, 0.29) is 0 Å². The molecule has 0 aliphatic rings. The maximum Gasteiger partial charge on any atom is 0.204 e. The predicted octanol–water partition coefficient (Wildman–Crippen LogP) is 3.78. The van der Waals surface area contributed by atoms with Crippen molar-refractivity contribution >= 4 is 29.7 Å². The average molecular weight is 289 g/mol. The Labute approximate surface area is 119 Å². The van der Waals surface area contributed by atoms with Gasteiger partial charge in [-0.25, -0.2) is 4.76 Å². The molecule has 1 unspecified atom stereocenters. The van der Waals surface area contributed by atoms with Crippen molar-refractivity contribution in [3.63, 3.8) is 0 Å². The summed E-state index contributed by atoms with van der Waals surface area (Å²) in [5.41, 5.74) is 1.03. The Hall–Kier alpha value is -1.28. The van der Waals surface area contributed by atoms with Crippen LogP contribution in [0.1, 0.15) is 12.5 Å². The molecule has 98 valence electrons. The first-order valence-corrected chi connectivity index (χ1v) is 8.83. The molecule has 1 atom stereocenters. The van der Waals surface area contributed by atoms with Crippen LogP contribution in [0.4, 0.5) is 0 Å². The molecule has 0 fully saturated rings. The van der Waals surface area contributed by atoms with E-state index in [4.69, 9.17) is 16.3 Å². The zero-order valence-electron chi connectivity index (χ0n) is 10.8. The third-order valence-corrected chi connectivity index (χ3v) is 5.75. The van der Waals surface area contributed by atoms with Gasteiger partial charge in [0.15, 0.2) is 0 Å². The molecule has 19 heavy (non-hydrogen) atoms. The summed E-state index contributed by atoms with van der Waals surface area (Å²) in [5, 5.41) is 0.985. The van der Waals surface area contributed by atoms with Crippen molar-refractivity contribution in [2.45, 2.75) is 6.92 Å². The van der Waals surface area contributed by atoms with Crippen molar-refractivity contribution in [3.05, 3.63) is 66.2 Å². The molecule has 0 aromatic heterocycles. The van der Waals surface area contributed by atoms with Gasteiger partial charge in [0.25, 0.3) is 0 Å². The Morgan fingerprint density at radius 1 is 1.05 bits per heavy atom. The maximum atomic E-state index is 5.77. The van der Waals surface area contributed by atoms with E-state index >= 15 is 0 Å². The van der Waals surface area contributed by atoms with Gasteiger partial charge in [0.2, 0.25) is 6.42 Å². The SMILES string of the molecule is CCOP(=S)(/N=C/c1ccccc1)c1ccccc1. The Kier molecular flexibility index (Phi) is 5.03. The van der Waals surface area contributed by atoms with E-state index in [0.717, 1.165) is 10.9 Å². The zero-order chi connectivity index (χ0) is 13.6. The normalized spacial score (nSPS) is 14.4. The molecular formula is C15H16NOPS. The summed E-state index contributed by atoms with van der Waals surface area (Å²) in [5.74, 6) is 0. The topological polar surface area (TPSA) is 21.6 Å². The van der Waals surface area contributed by atoms with Crippen LogP contribution >= 0.6 is 6.42 Å². The molecule has 0 radical (unpaired) electrons. The highest BCUT2D eigenvalue weighted by Crippen LogP contribution is 2.47. The minimum absolute atomic E-state index is 0.568. The van der Waals surface area contributed by atoms with Gasteiger partial charge in [-0.2, -0.15) is 0 Å². The molecule has 0 saturated carbocycles. The summed E-state index contributed by atoms with van der Waals surface area (Å²) in [7, 11) is 0. The van der Waals surface area contributed by atoms with Gasteiger partial charge >= 0.3 is 0 Å². The molecule has 0 N–H and O–H groups in total. The molecule has 0 bridgehead atoms. The lowest BCUT2D eigenvalue weighted by molar-refractivity contribution is 0.382. The second-order valence-corrected chi connectivity index (χ2v) is 7.46. The number of rotatable bonds is 5. The van der Waals surface area contributed by atoms with E-state index in [1.54, 1.807) is 0 Å². The second-order valence-electron chi connectivity index (χ2n) is 3.93. The fraction of sp³-hybridized carbons (Fsp3) is 0.133. The Morgan fingerprint density at radius 3 is 2.21 bits per heavy atom. The first kappa shape index (κ1) is 14.1. The minimum atomic E-state index is -2.33. The predicted molar refractivity (Wildman–Crippen MR) is 86.0 cm³/mol. The van der Waals surface area contributed by atoms with E-state index in [0.29, 0.717) is 6.61 Å². The van der Waals surface area contributed by atoms with Gasteiger partial charge in [0.05, 0.1) is 6.61 Å². The number of nitrogens with zero attached hydrogens (tertiary/aromatic N) is 1. The van der Waals surface area contributed by atoms with Gasteiger partial charge in [-0.3, -0.25) is 0 Å². The number of benzene rings is 2. The van der Waals surface area contributed by atoms with Crippen LogP contribution in [0.2, 0.25) is 0 Å². The van der Waals surface area contributed by atoms with Crippen LogP contribution in [0.25, 0.3) is 0 Å². The highest BCUT2D eigenvalue weighted by molar-refractivity contribution is 8.15. The largest absolute Gasteiger partial charge is 0.330 e. The van der Waals surface area contributed by atoms with E-state index in [9.17, 15) is 0 Å². The molecule has 0 heterocycles. The third kappa shape index (κ3) is 3.84. The van der Waals surface area contributed by atoms with Gasteiger partial charge < -0.3 is 4.52 Å². The standard InChI is InChI=1S/C15H16NOPS/c1-2-17-18(19,15-11-7-4-8-12-15)16-13-14-9-5-3-6-10-14/h3-13H,2H2,1H3/b16-13+. The Bertz CT molecular complexity index is 584. The maximum absolute atomic E-state index is 5.77. The van der Waals surface area contributed by atoms with Crippen LogP contribution in [-0.2, 0) is 16.3 Å². The van der Waals surface area contributed by atoms with Crippen LogP contribution in [0.3, 0.4) is 0 Å². The smallest absolute Gasteiger partial charge is 0.204 e. The molecule has 2 aromatic carbocycles. The summed E-state index contributed by atoms with van der Waals surface area (Å²) >= 11 is 5.66. The molecule has 0 saturated heterocycles. The first-order valence-electron chi connectivity index (χ1n) is 6.15. The molecule has 0 aliphatic heterocycles. The van der Waals surface area contributed by atoms with Crippen LogP contribution < -0.4 is 5.30 Å². The number of hydrogen-bond acceptors (Lipinski definition) is 2. The summed E-state index contributed by atoms with van der Waals surface area (Å²) < 4.78 is 10.3. The van der Waals surface area contributed by atoms with Crippen LogP contribution in [0, 0.1) is 0 Å². The summed E-state index contributed by atoms with van der Waals surface area (Å²) in [6.45, 7) is 2.51. The lowest BCUT2D eigenvalue weighted by atomic mass is 10.2. The van der Waals surface area contributed by atoms with Gasteiger partial charge in [-0.05, 0) is 36.4 Å². The van der Waals surface area contributed by atoms with Crippen LogP contribution in [0.15, 0.2) is 65.4 Å². The summed E-state index contributed by atoms with van der Waals surface area (Å²) in [6, 6.07) is 19.8. The van der Waals surface area contributed by atoms with Crippen molar-refractivity contribution in [2.24, 2.45) is 4.76 Å². The average Bonchev–Trinajstić information content (AvgIpc) is 2.48. The highest BCUT2D eigenvalue weighted by Gasteiger charge is 2.17. The fourth-order valence-corrected chi connectivity index (χ4v) is 4.00. The third-order valence-electron chi connectivity index (χ3n) is 2.54. The van der Waals surface area contributed by atoms with Crippen LogP contribution in [-0.4, -0.2) is 12.8 Å². The van der Waals surface area contributed by atoms with Crippen molar-refractivity contribution in [3.8, 4) is 0 Å². The first-order chi connectivity index (χ1) is 9.24. The molecular weight excluding hydrogens is 273 g/mol. The van der Waals surface area contributed by atoms with Gasteiger partial charge in [0, 0.05) is 11.5 Å². The highest BCUT2D eigenvalue weighted by atomic mass is 32.4. The van der Waals surface area contributed by atoms with Gasteiger partial charge in [0.1, 0.15) is 0 Å². The molecule has 0 amide bonds. The Balaban J connectivity index is 2.31. The van der Waals surface area contributed by atoms with Crippen molar-refractivity contribution in [2.75, 3.05) is 6.61 Å². The summed E-state index contributed by atoms with van der Waals surface area (Å²) in [6.07, 6.45) is -0.525. The van der Waals surface area contributed by atoms with E-state index in [1.807, 2.05) is 73.8 Å². The lowest BCUT2D eigenvalue weighted by Crippen LogP contribution is -2.05. The second kappa shape index (κ2) is 6.76. The molecule has 0 aliphatic carbocycles. The van der Waals surface area contributed by atoms with E-state index < -0.39 is 6.42 Å². The van der Waals surface area contributed by atoms with Crippen molar-refractivity contribution < 1.29 is 4.52 Å². The van der Waals surface area contributed by atoms with Gasteiger partial charge in [-0.15, -0.1) is 0 Å². The fourth-order valence-electron chi connectivity index (χ4n) is 1.65. The molecule has 2 rings (SSSR count). The summed E-state index contributed by atoms with van der Waals surface area (Å²) in [4.78, 5) is 0. The van der Waals surface area contributed by atoms with E-state index in [2.05, 4.69) is 4.76 Å². The number of hydrogen-bond donors (Lipinski definition) is 0. The quantitative estimate of drug-likeness (QED) is 0.617. The Morgan fingerprint density at radius 2 is 1.63 bits per heavy atom.